The Morgan fingerprint density at radius 2 is 2.23 bits per heavy atom. The normalized spacial score (nSPS) is 10.9. The van der Waals surface area contributed by atoms with E-state index in [-0.39, 0.29) is 6.03 Å². The fourth-order valence-corrected chi connectivity index (χ4v) is 3.30. The van der Waals surface area contributed by atoms with Gasteiger partial charge in [0.1, 0.15) is 12.7 Å². The molecule has 0 aliphatic heterocycles. The summed E-state index contributed by atoms with van der Waals surface area (Å²) >= 11 is 1.67. The molecular weight excluding hydrogens is 348 g/mol. The van der Waals surface area contributed by atoms with Crippen LogP contribution in [0.2, 0.25) is 0 Å². The third-order valence-electron chi connectivity index (χ3n) is 3.73. The van der Waals surface area contributed by atoms with Crippen LogP contribution in [0.25, 0.3) is 0 Å². The summed E-state index contributed by atoms with van der Waals surface area (Å²) in [6.07, 6.45) is 3.89. The van der Waals surface area contributed by atoms with Gasteiger partial charge in [-0.25, -0.2) is 19.4 Å². The van der Waals surface area contributed by atoms with Gasteiger partial charge in [-0.2, -0.15) is 5.10 Å². The molecule has 2 N–H and O–H groups in total. The predicted octanol–water partition coefficient (Wildman–Crippen LogP) is 3.27. The van der Waals surface area contributed by atoms with Gasteiger partial charge in [0, 0.05) is 30.0 Å². The van der Waals surface area contributed by atoms with Crippen molar-refractivity contribution in [3.05, 3.63) is 58.6 Å². The van der Waals surface area contributed by atoms with E-state index in [1.165, 1.54) is 6.33 Å². The van der Waals surface area contributed by atoms with Crippen molar-refractivity contribution in [2.45, 2.75) is 32.7 Å². The van der Waals surface area contributed by atoms with Crippen LogP contribution in [0.1, 0.15) is 36.0 Å². The molecule has 0 saturated heterocycles. The van der Waals surface area contributed by atoms with E-state index in [1.807, 2.05) is 24.3 Å². The Balaban J connectivity index is 1.47. The summed E-state index contributed by atoms with van der Waals surface area (Å²) in [5, 5.41) is 13.0. The fraction of sp³-hybridized carbons (Fsp3) is 0.333. The largest absolute Gasteiger partial charge is 0.337 e. The maximum absolute atomic E-state index is 12.1. The number of benzene rings is 1. The molecule has 0 spiro atoms. The van der Waals surface area contributed by atoms with Gasteiger partial charge in [0.2, 0.25) is 0 Å². The van der Waals surface area contributed by atoms with Crippen LogP contribution in [0.4, 0.5) is 10.5 Å². The topological polar surface area (TPSA) is 84.7 Å². The van der Waals surface area contributed by atoms with Crippen molar-refractivity contribution in [2.75, 3.05) is 11.9 Å². The lowest BCUT2D eigenvalue weighted by atomic mass is 10.2. The van der Waals surface area contributed by atoms with E-state index in [0.717, 1.165) is 28.4 Å². The summed E-state index contributed by atoms with van der Waals surface area (Å²) in [6, 6.07) is 7.46. The molecule has 7 nitrogen and oxygen atoms in total. The smallest absolute Gasteiger partial charge is 0.319 e. The molecule has 0 radical (unpaired) electrons. The van der Waals surface area contributed by atoms with Crippen LogP contribution in [-0.4, -0.2) is 32.3 Å². The molecule has 0 fully saturated rings. The van der Waals surface area contributed by atoms with Crippen LogP contribution in [0.3, 0.4) is 0 Å². The van der Waals surface area contributed by atoms with Gasteiger partial charge in [-0.15, -0.1) is 11.3 Å². The Kier molecular flexibility index (Phi) is 5.96. The molecule has 2 amide bonds. The summed E-state index contributed by atoms with van der Waals surface area (Å²) in [5.41, 5.74) is 2.81. The van der Waals surface area contributed by atoms with Gasteiger partial charge in [0.05, 0.1) is 17.2 Å². The van der Waals surface area contributed by atoms with Gasteiger partial charge >= 0.3 is 6.03 Å². The Morgan fingerprint density at radius 1 is 1.35 bits per heavy atom. The SMILES string of the molecule is CC(C)c1nc(CCNC(=O)Nc2cccc(Cn3cncn3)c2)cs1. The quantitative estimate of drug-likeness (QED) is 0.668. The Hall–Kier alpha value is -2.74. The molecule has 8 heteroatoms. The first kappa shape index (κ1) is 18.1. The van der Waals surface area contributed by atoms with Gasteiger partial charge in [-0.1, -0.05) is 26.0 Å². The maximum Gasteiger partial charge on any atom is 0.319 e. The highest BCUT2D eigenvalue weighted by molar-refractivity contribution is 7.09. The van der Waals surface area contributed by atoms with Crippen LogP contribution in [0.15, 0.2) is 42.3 Å². The molecule has 2 heterocycles. The number of rotatable bonds is 7. The molecule has 0 aliphatic rings. The minimum absolute atomic E-state index is 0.220. The number of aromatic nitrogens is 4. The Bertz CT molecular complexity index is 843. The Morgan fingerprint density at radius 3 is 2.96 bits per heavy atom. The van der Waals surface area contributed by atoms with Crippen molar-refractivity contribution < 1.29 is 4.79 Å². The van der Waals surface area contributed by atoms with Crippen molar-refractivity contribution in [1.82, 2.24) is 25.1 Å². The molecule has 0 unspecified atom stereocenters. The lowest BCUT2D eigenvalue weighted by Gasteiger charge is -2.09. The van der Waals surface area contributed by atoms with E-state index in [4.69, 9.17) is 0 Å². The number of thiazole rings is 1. The second-order valence-electron chi connectivity index (χ2n) is 6.26. The third kappa shape index (κ3) is 5.13. The number of amides is 2. The fourth-order valence-electron chi connectivity index (χ4n) is 2.43. The second-order valence-corrected chi connectivity index (χ2v) is 7.15. The second kappa shape index (κ2) is 8.57. The number of carbonyl (C=O) groups is 1. The van der Waals surface area contributed by atoms with Crippen LogP contribution in [-0.2, 0) is 13.0 Å². The van der Waals surface area contributed by atoms with Crippen molar-refractivity contribution in [2.24, 2.45) is 0 Å². The highest BCUT2D eigenvalue weighted by Crippen LogP contribution is 2.19. The molecule has 136 valence electrons. The molecule has 26 heavy (non-hydrogen) atoms. The molecule has 1 aromatic carbocycles. The van der Waals surface area contributed by atoms with Crippen LogP contribution in [0, 0.1) is 0 Å². The Labute approximate surface area is 156 Å². The summed E-state index contributed by atoms with van der Waals surface area (Å²) in [7, 11) is 0. The monoisotopic (exact) mass is 370 g/mol. The zero-order valence-corrected chi connectivity index (χ0v) is 15.7. The van der Waals surface area contributed by atoms with E-state index < -0.39 is 0 Å². The predicted molar refractivity (Wildman–Crippen MR) is 102 cm³/mol. The summed E-state index contributed by atoms with van der Waals surface area (Å²) < 4.78 is 1.73. The number of hydrogen-bond donors (Lipinski definition) is 2. The standard InChI is InChI=1S/C18H22N6OS/c1-13(2)17-22-16(10-26-17)6-7-20-18(25)23-15-5-3-4-14(8-15)9-24-12-19-11-21-24/h3-5,8,10-13H,6-7,9H2,1-2H3,(H2,20,23,25). The third-order valence-corrected chi connectivity index (χ3v) is 4.92. The highest BCUT2D eigenvalue weighted by Gasteiger charge is 2.07. The molecule has 0 bridgehead atoms. The van der Waals surface area contributed by atoms with Gasteiger partial charge in [-0.05, 0) is 17.7 Å². The minimum atomic E-state index is -0.220. The lowest BCUT2D eigenvalue weighted by Crippen LogP contribution is -2.30. The van der Waals surface area contributed by atoms with Crippen molar-refractivity contribution >= 4 is 23.1 Å². The van der Waals surface area contributed by atoms with Gasteiger partial charge < -0.3 is 10.6 Å². The first-order valence-corrected chi connectivity index (χ1v) is 9.38. The molecule has 0 saturated carbocycles. The van der Waals surface area contributed by atoms with Crippen LogP contribution in [0.5, 0.6) is 0 Å². The molecule has 3 rings (SSSR count). The average molecular weight is 370 g/mol. The summed E-state index contributed by atoms with van der Waals surface area (Å²) in [6.45, 7) is 5.42. The minimum Gasteiger partial charge on any atom is -0.337 e. The molecule has 0 aliphatic carbocycles. The highest BCUT2D eigenvalue weighted by atomic mass is 32.1. The molecular formula is C18H22N6OS. The number of nitrogens with one attached hydrogen (secondary N) is 2. The average Bonchev–Trinajstić information content (AvgIpc) is 3.27. The van der Waals surface area contributed by atoms with Crippen molar-refractivity contribution in [3.63, 3.8) is 0 Å². The number of nitrogens with zero attached hydrogens (tertiary/aromatic N) is 4. The zero-order chi connectivity index (χ0) is 18.4. The first-order valence-electron chi connectivity index (χ1n) is 8.50. The van der Waals surface area contributed by atoms with Gasteiger partial charge in [0.25, 0.3) is 0 Å². The van der Waals surface area contributed by atoms with E-state index in [1.54, 1.807) is 22.3 Å². The zero-order valence-electron chi connectivity index (χ0n) is 14.8. The number of carbonyl (C=O) groups excluding carboxylic acids is 1. The van der Waals surface area contributed by atoms with Crippen molar-refractivity contribution in [1.29, 1.82) is 0 Å². The van der Waals surface area contributed by atoms with E-state index in [9.17, 15) is 4.79 Å². The lowest BCUT2D eigenvalue weighted by molar-refractivity contribution is 0.252. The van der Waals surface area contributed by atoms with E-state index >= 15 is 0 Å². The number of anilines is 1. The van der Waals surface area contributed by atoms with Crippen LogP contribution < -0.4 is 10.6 Å². The molecule has 3 aromatic rings. The van der Waals surface area contributed by atoms with Crippen molar-refractivity contribution in [3.8, 4) is 0 Å². The summed E-state index contributed by atoms with van der Waals surface area (Å²) in [4.78, 5) is 20.6. The number of hydrogen-bond acceptors (Lipinski definition) is 5. The van der Waals surface area contributed by atoms with E-state index in [2.05, 4.69) is 44.9 Å². The van der Waals surface area contributed by atoms with E-state index in [0.29, 0.717) is 19.0 Å². The van der Waals surface area contributed by atoms with Gasteiger partial charge in [-0.3, -0.25) is 0 Å². The molecule has 0 atom stereocenters. The molecule has 2 aromatic heterocycles. The van der Waals surface area contributed by atoms with Gasteiger partial charge in [0.15, 0.2) is 0 Å². The van der Waals surface area contributed by atoms with Crippen LogP contribution >= 0.6 is 11.3 Å². The maximum atomic E-state index is 12.1. The number of urea groups is 1. The first-order chi connectivity index (χ1) is 12.6. The summed E-state index contributed by atoms with van der Waals surface area (Å²) in [5.74, 6) is 0.440.